The molecular formula is C15H18FN3. The van der Waals surface area contributed by atoms with Crippen LogP contribution in [0.1, 0.15) is 30.1 Å². The number of aromatic nitrogens is 2. The van der Waals surface area contributed by atoms with Crippen LogP contribution in [0.15, 0.2) is 24.3 Å². The van der Waals surface area contributed by atoms with Gasteiger partial charge in [0.15, 0.2) is 0 Å². The summed E-state index contributed by atoms with van der Waals surface area (Å²) >= 11 is 0. The van der Waals surface area contributed by atoms with E-state index in [4.69, 9.17) is 0 Å². The van der Waals surface area contributed by atoms with E-state index in [1.54, 1.807) is 0 Å². The molecule has 1 unspecified atom stereocenters. The van der Waals surface area contributed by atoms with Crippen LogP contribution in [0.25, 0.3) is 11.3 Å². The van der Waals surface area contributed by atoms with Crippen molar-refractivity contribution in [2.45, 2.75) is 25.8 Å². The average molecular weight is 259 g/mol. The number of benzene rings is 1. The normalized spacial score (nSPS) is 19.0. The Bertz CT molecular complexity index is 580. The third-order valence-corrected chi connectivity index (χ3v) is 3.83. The molecule has 0 amide bonds. The molecule has 1 atom stereocenters. The second kappa shape index (κ2) is 4.78. The molecule has 3 nitrogen and oxygen atoms in total. The average Bonchev–Trinajstić information content (AvgIpc) is 3.00. The molecule has 1 saturated heterocycles. The lowest BCUT2D eigenvalue weighted by Gasteiger charge is -2.08. The first kappa shape index (κ1) is 12.4. The van der Waals surface area contributed by atoms with Crippen molar-refractivity contribution >= 4 is 0 Å². The molecular weight excluding hydrogens is 241 g/mol. The number of nitrogens with zero attached hydrogens (tertiary/aromatic N) is 2. The maximum absolute atomic E-state index is 13.0. The van der Waals surface area contributed by atoms with E-state index in [1.807, 2.05) is 23.9 Å². The van der Waals surface area contributed by atoms with E-state index in [9.17, 15) is 4.39 Å². The van der Waals surface area contributed by atoms with Crippen LogP contribution in [0.4, 0.5) is 4.39 Å². The first-order valence-corrected chi connectivity index (χ1v) is 6.69. The van der Waals surface area contributed by atoms with Gasteiger partial charge in [-0.15, -0.1) is 0 Å². The van der Waals surface area contributed by atoms with Gasteiger partial charge in [-0.2, -0.15) is 5.10 Å². The smallest absolute Gasteiger partial charge is 0.123 e. The Morgan fingerprint density at radius 3 is 2.68 bits per heavy atom. The molecule has 2 heterocycles. The molecule has 100 valence electrons. The highest BCUT2D eigenvalue weighted by Crippen LogP contribution is 2.31. The largest absolute Gasteiger partial charge is 0.309 e. The van der Waals surface area contributed by atoms with Gasteiger partial charge in [0.25, 0.3) is 0 Å². The summed E-state index contributed by atoms with van der Waals surface area (Å²) in [5.74, 6) is -0.207. The number of aryl methyl sites for hydroxylation is 1. The van der Waals surface area contributed by atoms with E-state index in [0.717, 1.165) is 29.9 Å². The minimum atomic E-state index is -0.207. The molecule has 0 radical (unpaired) electrons. The zero-order valence-corrected chi connectivity index (χ0v) is 11.3. The van der Waals surface area contributed by atoms with Gasteiger partial charge < -0.3 is 5.32 Å². The lowest BCUT2D eigenvalue weighted by Crippen LogP contribution is -2.14. The fourth-order valence-corrected chi connectivity index (χ4v) is 2.91. The Hall–Kier alpha value is -1.68. The number of hydrogen-bond acceptors (Lipinski definition) is 2. The highest BCUT2D eigenvalue weighted by Gasteiger charge is 2.23. The van der Waals surface area contributed by atoms with Crippen molar-refractivity contribution < 1.29 is 4.39 Å². The highest BCUT2D eigenvalue weighted by molar-refractivity contribution is 5.64. The Balaban J connectivity index is 2.04. The summed E-state index contributed by atoms with van der Waals surface area (Å²) in [7, 11) is 1.95. The van der Waals surface area contributed by atoms with E-state index < -0.39 is 0 Å². The number of rotatable bonds is 2. The summed E-state index contributed by atoms with van der Waals surface area (Å²) in [6.07, 6.45) is 2.34. The van der Waals surface area contributed by atoms with Gasteiger partial charge in [-0.3, -0.25) is 4.68 Å². The van der Waals surface area contributed by atoms with Gasteiger partial charge >= 0.3 is 0 Å². The second-order valence-corrected chi connectivity index (χ2v) is 5.14. The van der Waals surface area contributed by atoms with Gasteiger partial charge in [0, 0.05) is 12.6 Å². The Labute approximate surface area is 112 Å². The zero-order chi connectivity index (χ0) is 13.4. The molecule has 1 aliphatic heterocycles. The van der Waals surface area contributed by atoms with Crippen molar-refractivity contribution in [3.63, 3.8) is 0 Å². The van der Waals surface area contributed by atoms with Gasteiger partial charge in [0.05, 0.1) is 17.4 Å². The number of hydrogen-bond donors (Lipinski definition) is 1. The maximum atomic E-state index is 13.0. The van der Waals surface area contributed by atoms with Crippen molar-refractivity contribution in [1.82, 2.24) is 15.1 Å². The van der Waals surface area contributed by atoms with Crippen molar-refractivity contribution in [3.05, 3.63) is 41.3 Å². The first-order valence-electron chi connectivity index (χ1n) is 6.69. The quantitative estimate of drug-likeness (QED) is 0.898. The fourth-order valence-electron chi connectivity index (χ4n) is 2.91. The molecule has 4 heteroatoms. The third-order valence-electron chi connectivity index (χ3n) is 3.83. The van der Waals surface area contributed by atoms with Gasteiger partial charge in [-0.25, -0.2) is 4.39 Å². The zero-order valence-electron chi connectivity index (χ0n) is 11.3. The summed E-state index contributed by atoms with van der Waals surface area (Å²) in [5.41, 5.74) is 4.40. The molecule has 0 bridgehead atoms. The number of nitrogens with one attached hydrogen (secondary N) is 1. The van der Waals surface area contributed by atoms with Gasteiger partial charge in [0.2, 0.25) is 0 Å². The van der Waals surface area contributed by atoms with Crippen LogP contribution in [0.2, 0.25) is 0 Å². The van der Waals surface area contributed by atoms with Crippen molar-refractivity contribution in [1.29, 1.82) is 0 Å². The standard InChI is InChI=1S/C15H18FN3/c1-10-14(13-4-3-9-17-13)18-19(2)15(10)11-5-7-12(16)8-6-11/h5-8,13,17H,3-4,9H2,1-2H3. The molecule has 1 aromatic carbocycles. The monoisotopic (exact) mass is 259 g/mol. The summed E-state index contributed by atoms with van der Waals surface area (Å²) in [5, 5.41) is 8.13. The molecule has 1 aromatic heterocycles. The molecule has 1 N–H and O–H groups in total. The molecule has 3 rings (SSSR count). The van der Waals surface area contributed by atoms with E-state index in [2.05, 4.69) is 17.3 Å². The highest BCUT2D eigenvalue weighted by atomic mass is 19.1. The van der Waals surface area contributed by atoms with E-state index in [1.165, 1.54) is 24.1 Å². The van der Waals surface area contributed by atoms with E-state index in [-0.39, 0.29) is 5.82 Å². The molecule has 19 heavy (non-hydrogen) atoms. The lowest BCUT2D eigenvalue weighted by atomic mass is 10.0. The van der Waals surface area contributed by atoms with Crippen LogP contribution in [-0.2, 0) is 7.05 Å². The van der Waals surface area contributed by atoms with Gasteiger partial charge in [-0.05, 0) is 56.1 Å². The Morgan fingerprint density at radius 1 is 1.32 bits per heavy atom. The lowest BCUT2D eigenvalue weighted by molar-refractivity contribution is 0.605. The summed E-state index contributed by atoms with van der Waals surface area (Å²) < 4.78 is 14.9. The summed E-state index contributed by atoms with van der Waals surface area (Å²) in [6.45, 7) is 3.16. The minimum Gasteiger partial charge on any atom is -0.309 e. The predicted molar refractivity (Wildman–Crippen MR) is 73.3 cm³/mol. The SMILES string of the molecule is Cc1c(C2CCCN2)nn(C)c1-c1ccc(F)cc1. The Morgan fingerprint density at radius 2 is 2.05 bits per heavy atom. The van der Waals surface area contributed by atoms with Crippen LogP contribution < -0.4 is 5.32 Å². The van der Waals surface area contributed by atoms with Crippen molar-refractivity contribution in [2.75, 3.05) is 6.54 Å². The van der Waals surface area contributed by atoms with E-state index in [0.29, 0.717) is 6.04 Å². The van der Waals surface area contributed by atoms with Crippen LogP contribution in [-0.4, -0.2) is 16.3 Å². The molecule has 0 saturated carbocycles. The maximum Gasteiger partial charge on any atom is 0.123 e. The minimum absolute atomic E-state index is 0.207. The van der Waals surface area contributed by atoms with Crippen molar-refractivity contribution in [2.24, 2.45) is 7.05 Å². The molecule has 0 aliphatic carbocycles. The predicted octanol–water partition coefficient (Wildman–Crippen LogP) is 2.96. The molecule has 1 fully saturated rings. The third kappa shape index (κ3) is 2.16. The van der Waals surface area contributed by atoms with E-state index >= 15 is 0 Å². The van der Waals surface area contributed by atoms with Crippen LogP contribution in [0, 0.1) is 12.7 Å². The fraction of sp³-hybridized carbons (Fsp3) is 0.400. The topological polar surface area (TPSA) is 29.9 Å². The van der Waals surface area contributed by atoms with Crippen LogP contribution >= 0.6 is 0 Å². The first-order chi connectivity index (χ1) is 9.16. The van der Waals surface area contributed by atoms with Gasteiger partial charge in [-0.1, -0.05) is 0 Å². The summed E-state index contributed by atoms with van der Waals surface area (Å²) in [6, 6.07) is 6.97. The summed E-state index contributed by atoms with van der Waals surface area (Å²) in [4.78, 5) is 0. The van der Waals surface area contributed by atoms with Crippen LogP contribution in [0.3, 0.4) is 0 Å². The molecule has 2 aromatic rings. The van der Waals surface area contributed by atoms with Crippen LogP contribution in [0.5, 0.6) is 0 Å². The Kier molecular flexibility index (Phi) is 3.11. The molecule has 1 aliphatic rings. The second-order valence-electron chi connectivity index (χ2n) is 5.14. The molecule has 0 spiro atoms. The van der Waals surface area contributed by atoms with Gasteiger partial charge in [0.1, 0.15) is 5.82 Å². The number of halogens is 1. The van der Waals surface area contributed by atoms with Crippen molar-refractivity contribution in [3.8, 4) is 11.3 Å².